The van der Waals surface area contributed by atoms with Crippen molar-refractivity contribution in [1.82, 2.24) is 19.9 Å². The number of aromatic nitrogens is 4. The van der Waals surface area contributed by atoms with E-state index in [0.717, 1.165) is 44.8 Å². The van der Waals surface area contributed by atoms with Crippen LogP contribution in [0.4, 0.5) is 0 Å². The number of hydrogen-bond donors (Lipinski definition) is 0. The normalized spacial score (nSPS) is 11.3. The van der Waals surface area contributed by atoms with Crippen molar-refractivity contribution in [1.29, 1.82) is 0 Å². The summed E-state index contributed by atoms with van der Waals surface area (Å²) in [6, 6.07) is 38.5. The first kappa shape index (κ1) is 24.1. The fourth-order valence-electron chi connectivity index (χ4n) is 6.03. The third-order valence-corrected chi connectivity index (χ3v) is 7.94. The molecule has 0 aliphatic rings. The summed E-state index contributed by atoms with van der Waals surface area (Å²) in [7, 11) is 0. The maximum Gasteiger partial charge on any atom is 0.0795 e. The van der Waals surface area contributed by atoms with Gasteiger partial charge in [-0.25, -0.2) is 0 Å². The minimum atomic E-state index is 0.931. The number of benzene rings is 4. The third kappa shape index (κ3) is 4.01. The van der Waals surface area contributed by atoms with Gasteiger partial charge in [0, 0.05) is 59.4 Å². The molecule has 0 unspecified atom stereocenters. The molecule has 0 spiro atoms. The molecule has 42 heavy (non-hydrogen) atoms. The molecule has 0 saturated carbocycles. The summed E-state index contributed by atoms with van der Waals surface area (Å²) in [6.45, 7) is 0. The van der Waals surface area contributed by atoms with Crippen LogP contribution in [0.25, 0.3) is 77.1 Å². The van der Waals surface area contributed by atoms with E-state index in [1.54, 1.807) is 12.4 Å². The molecule has 0 aliphatic heterocycles. The summed E-state index contributed by atoms with van der Waals surface area (Å²) in [6.07, 6.45) is 11.0. The zero-order valence-electron chi connectivity index (χ0n) is 22.6. The quantitative estimate of drug-likeness (QED) is 0.210. The van der Waals surface area contributed by atoms with Gasteiger partial charge in [-0.3, -0.25) is 19.9 Å². The first-order chi connectivity index (χ1) is 20.8. The van der Waals surface area contributed by atoms with E-state index < -0.39 is 0 Å². The molecule has 0 aliphatic carbocycles. The summed E-state index contributed by atoms with van der Waals surface area (Å²) in [5.41, 5.74) is 8.31. The zero-order valence-corrected chi connectivity index (χ0v) is 22.6. The molecule has 0 amide bonds. The van der Waals surface area contributed by atoms with Gasteiger partial charge in [-0.05, 0) is 92.0 Å². The predicted octanol–water partition coefficient (Wildman–Crippen LogP) is 9.39. The second-order valence-corrected chi connectivity index (χ2v) is 10.3. The third-order valence-electron chi connectivity index (χ3n) is 7.94. The van der Waals surface area contributed by atoms with Crippen LogP contribution in [0, 0.1) is 0 Å². The Hall–Kier alpha value is -5.74. The van der Waals surface area contributed by atoms with E-state index in [4.69, 9.17) is 9.97 Å². The van der Waals surface area contributed by atoms with Gasteiger partial charge in [0.15, 0.2) is 0 Å². The number of rotatable bonds is 4. The summed E-state index contributed by atoms with van der Waals surface area (Å²) < 4.78 is 0. The highest BCUT2D eigenvalue weighted by molar-refractivity contribution is 6.26. The van der Waals surface area contributed by atoms with E-state index in [1.165, 1.54) is 32.3 Å². The minimum absolute atomic E-state index is 0.931. The number of nitrogens with zero attached hydrogens (tertiary/aromatic N) is 4. The molecule has 0 bridgehead atoms. The van der Waals surface area contributed by atoms with Crippen molar-refractivity contribution in [3.63, 3.8) is 0 Å². The Kier molecular flexibility index (Phi) is 5.75. The lowest BCUT2D eigenvalue weighted by Gasteiger charge is -2.15. The molecule has 4 heteroatoms. The van der Waals surface area contributed by atoms with Gasteiger partial charge in [0.25, 0.3) is 0 Å². The molecule has 0 atom stereocenters. The predicted molar refractivity (Wildman–Crippen MR) is 172 cm³/mol. The average molecular weight is 537 g/mol. The number of hydrogen-bond acceptors (Lipinski definition) is 4. The number of pyridine rings is 4. The lowest BCUT2D eigenvalue weighted by molar-refractivity contribution is 1.28. The van der Waals surface area contributed by atoms with Crippen LogP contribution in [0.15, 0.2) is 146 Å². The van der Waals surface area contributed by atoms with Crippen molar-refractivity contribution in [2.24, 2.45) is 0 Å². The van der Waals surface area contributed by atoms with E-state index in [1.807, 2.05) is 49.1 Å². The highest BCUT2D eigenvalue weighted by Gasteiger charge is 2.15. The maximum atomic E-state index is 4.74. The largest absolute Gasteiger partial charge is 0.264 e. The van der Waals surface area contributed by atoms with Crippen LogP contribution in [0.1, 0.15) is 0 Å². The Morgan fingerprint density at radius 1 is 0.333 bits per heavy atom. The lowest BCUT2D eigenvalue weighted by atomic mass is 9.89. The zero-order chi connectivity index (χ0) is 27.9. The second-order valence-electron chi connectivity index (χ2n) is 10.3. The molecule has 4 aromatic carbocycles. The standard InChI is InChI=1S/C38H24N4/c1-2-10-32-31(9-1)35-21-25(29-11-5-19-41-37(29)27-7-3-17-39-23-27)13-15-33(35)34-16-14-26(22-36(32)34)30-12-6-20-42-38(30)28-8-4-18-40-24-28/h1-24H. The van der Waals surface area contributed by atoms with Gasteiger partial charge in [-0.15, -0.1) is 0 Å². The van der Waals surface area contributed by atoms with Crippen molar-refractivity contribution in [2.45, 2.75) is 0 Å². The van der Waals surface area contributed by atoms with Gasteiger partial charge in [-0.2, -0.15) is 0 Å². The fourth-order valence-corrected chi connectivity index (χ4v) is 6.03. The van der Waals surface area contributed by atoms with Crippen molar-refractivity contribution >= 4 is 32.3 Å². The van der Waals surface area contributed by atoms with Gasteiger partial charge in [0.2, 0.25) is 0 Å². The SMILES string of the molecule is c1cncc(-c2ncccc2-c2ccc3c4ccc(-c5cccnc5-c5cccnc5)cc4c4ccccc4c3c2)c1. The van der Waals surface area contributed by atoms with E-state index in [-0.39, 0.29) is 0 Å². The number of fused-ring (bicyclic) bond motifs is 6. The van der Waals surface area contributed by atoms with Gasteiger partial charge in [-0.1, -0.05) is 60.7 Å². The molecule has 0 radical (unpaired) electrons. The Morgan fingerprint density at radius 2 is 0.786 bits per heavy atom. The van der Waals surface area contributed by atoms with E-state index in [2.05, 4.69) is 94.9 Å². The van der Waals surface area contributed by atoms with Crippen LogP contribution in [0.3, 0.4) is 0 Å². The monoisotopic (exact) mass is 536 g/mol. The van der Waals surface area contributed by atoms with Gasteiger partial charge in [0.1, 0.15) is 0 Å². The van der Waals surface area contributed by atoms with Crippen molar-refractivity contribution < 1.29 is 0 Å². The molecule has 0 fully saturated rings. The molecule has 4 aromatic heterocycles. The molecule has 0 N–H and O–H groups in total. The Bertz CT molecular complexity index is 2060. The Labute approximate surface area is 243 Å². The minimum Gasteiger partial charge on any atom is -0.264 e. The summed E-state index contributed by atoms with van der Waals surface area (Å²) in [5.74, 6) is 0. The first-order valence-electron chi connectivity index (χ1n) is 13.9. The molecule has 8 rings (SSSR count). The molecular weight excluding hydrogens is 512 g/mol. The van der Waals surface area contributed by atoms with Crippen LogP contribution >= 0.6 is 0 Å². The maximum absolute atomic E-state index is 4.74. The highest BCUT2D eigenvalue weighted by Crippen LogP contribution is 2.41. The summed E-state index contributed by atoms with van der Waals surface area (Å²) >= 11 is 0. The van der Waals surface area contributed by atoms with Crippen LogP contribution in [0.2, 0.25) is 0 Å². The Balaban J connectivity index is 1.35. The molecule has 4 heterocycles. The fraction of sp³-hybridized carbons (Fsp3) is 0. The highest BCUT2D eigenvalue weighted by atomic mass is 14.7. The van der Waals surface area contributed by atoms with Crippen LogP contribution in [-0.4, -0.2) is 19.9 Å². The first-order valence-corrected chi connectivity index (χ1v) is 13.9. The van der Waals surface area contributed by atoms with Gasteiger partial charge < -0.3 is 0 Å². The van der Waals surface area contributed by atoms with E-state index in [9.17, 15) is 0 Å². The smallest absolute Gasteiger partial charge is 0.0795 e. The summed E-state index contributed by atoms with van der Waals surface area (Å²) in [5, 5.41) is 7.35. The molecule has 8 aromatic rings. The van der Waals surface area contributed by atoms with E-state index >= 15 is 0 Å². The molecule has 0 saturated heterocycles. The van der Waals surface area contributed by atoms with Crippen molar-refractivity contribution in [3.05, 3.63) is 146 Å². The van der Waals surface area contributed by atoms with E-state index in [0.29, 0.717) is 0 Å². The van der Waals surface area contributed by atoms with Crippen molar-refractivity contribution in [2.75, 3.05) is 0 Å². The van der Waals surface area contributed by atoms with Gasteiger partial charge >= 0.3 is 0 Å². The molecule has 196 valence electrons. The second kappa shape index (κ2) is 10.0. The van der Waals surface area contributed by atoms with Crippen LogP contribution < -0.4 is 0 Å². The summed E-state index contributed by atoms with van der Waals surface area (Å²) in [4.78, 5) is 18.1. The molecule has 4 nitrogen and oxygen atoms in total. The van der Waals surface area contributed by atoms with Gasteiger partial charge in [0.05, 0.1) is 11.4 Å². The molecular formula is C38H24N4. The lowest BCUT2D eigenvalue weighted by Crippen LogP contribution is -1.91. The van der Waals surface area contributed by atoms with Crippen molar-refractivity contribution in [3.8, 4) is 44.8 Å². The topological polar surface area (TPSA) is 51.6 Å². The van der Waals surface area contributed by atoms with Crippen LogP contribution in [0.5, 0.6) is 0 Å². The Morgan fingerprint density at radius 3 is 1.24 bits per heavy atom. The van der Waals surface area contributed by atoms with Crippen LogP contribution in [-0.2, 0) is 0 Å². The average Bonchev–Trinajstić information content (AvgIpc) is 3.09.